The Kier molecular flexibility index (Phi) is 4.19. The number of rotatable bonds is 4. The van der Waals surface area contributed by atoms with Gasteiger partial charge in [-0.3, -0.25) is 4.79 Å². The predicted molar refractivity (Wildman–Crippen MR) is 74.1 cm³/mol. The lowest BCUT2D eigenvalue weighted by atomic mass is 10.3. The van der Waals surface area contributed by atoms with Gasteiger partial charge in [0.15, 0.2) is 0 Å². The Balaban J connectivity index is 2.19. The molecule has 0 spiro atoms. The summed E-state index contributed by atoms with van der Waals surface area (Å²) in [4.78, 5) is 19.8. The van der Waals surface area contributed by atoms with E-state index in [0.29, 0.717) is 6.42 Å². The molecule has 4 nitrogen and oxygen atoms in total. The van der Waals surface area contributed by atoms with E-state index in [1.807, 2.05) is 13.8 Å². The zero-order valence-electron chi connectivity index (χ0n) is 10.5. The number of aromatic nitrogens is 2. The fourth-order valence-corrected chi connectivity index (χ4v) is 3.67. The minimum atomic E-state index is -0.192. The van der Waals surface area contributed by atoms with Crippen LogP contribution in [-0.2, 0) is 9.53 Å². The summed E-state index contributed by atoms with van der Waals surface area (Å²) in [5.41, 5.74) is 2.17. The summed E-state index contributed by atoms with van der Waals surface area (Å²) in [7, 11) is 1.41. The summed E-state index contributed by atoms with van der Waals surface area (Å²) in [6.07, 6.45) is 1.96. The Morgan fingerprint density at radius 3 is 3.06 bits per heavy atom. The number of hydrogen-bond acceptors (Lipinski definition) is 6. The van der Waals surface area contributed by atoms with Gasteiger partial charge in [-0.25, -0.2) is 9.97 Å². The Morgan fingerprint density at radius 1 is 1.56 bits per heavy atom. The number of thioether (sulfide) groups is 1. The standard InChI is InChI=1S/C12H14N2O2S2/c1-7-5-17-11-10(7)13-6-14-12(11)18-8(2)4-9(15)16-3/h5-6,8H,4H2,1-3H3. The van der Waals surface area contributed by atoms with Crippen LogP contribution in [0, 0.1) is 6.92 Å². The third-order valence-electron chi connectivity index (χ3n) is 2.49. The van der Waals surface area contributed by atoms with E-state index >= 15 is 0 Å². The van der Waals surface area contributed by atoms with E-state index in [1.54, 1.807) is 29.4 Å². The van der Waals surface area contributed by atoms with Gasteiger partial charge in [-0.15, -0.1) is 23.1 Å². The molecule has 0 aliphatic carbocycles. The lowest BCUT2D eigenvalue weighted by Crippen LogP contribution is -2.08. The van der Waals surface area contributed by atoms with Crippen molar-refractivity contribution in [2.24, 2.45) is 0 Å². The zero-order valence-corrected chi connectivity index (χ0v) is 12.1. The van der Waals surface area contributed by atoms with Gasteiger partial charge in [0.1, 0.15) is 11.4 Å². The second kappa shape index (κ2) is 5.67. The number of hydrogen-bond donors (Lipinski definition) is 0. The lowest BCUT2D eigenvalue weighted by Gasteiger charge is -2.09. The molecule has 0 saturated carbocycles. The van der Waals surface area contributed by atoms with Crippen molar-refractivity contribution < 1.29 is 9.53 Å². The number of carbonyl (C=O) groups excluding carboxylic acids is 1. The van der Waals surface area contributed by atoms with Crippen molar-refractivity contribution in [1.29, 1.82) is 0 Å². The van der Waals surface area contributed by atoms with Gasteiger partial charge in [-0.2, -0.15) is 0 Å². The van der Waals surface area contributed by atoms with E-state index in [-0.39, 0.29) is 11.2 Å². The number of methoxy groups -OCH3 is 1. The minimum Gasteiger partial charge on any atom is -0.469 e. The molecule has 2 aromatic rings. The van der Waals surface area contributed by atoms with Crippen molar-refractivity contribution in [3.8, 4) is 0 Å². The molecule has 0 saturated heterocycles. The highest BCUT2D eigenvalue weighted by Gasteiger charge is 2.15. The molecule has 0 amide bonds. The maximum absolute atomic E-state index is 11.2. The highest BCUT2D eigenvalue weighted by Crippen LogP contribution is 2.34. The van der Waals surface area contributed by atoms with E-state index in [4.69, 9.17) is 0 Å². The summed E-state index contributed by atoms with van der Waals surface area (Å²) in [5, 5.41) is 3.15. The first-order chi connectivity index (χ1) is 8.61. The van der Waals surface area contributed by atoms with E-state index < -0.39 is 0 Å². The maximum Gasteiger partial charge on any atom is 0.306 e. The molecule has 0 fully saturated rings. The number of thiophene rings is 1. The highest BCUT2D eigenvalue weighted by molar-refractivity contribution is 8.00. The molecule has 0 N–H and O–H groups in total. The van der Waals surface area contributed by atoms with Crippen LogP contribution in [0.2, 0.25) is 0 Å². The fraction of sp³-hybridized carbons (Fsp3) is 0.417. The van der Waals surface area contributed by atoms with Gasteiger partial charge >= 0.3 is 5.97 Å². The van der Waals surface area contributed by atoms with E-state index in [9.17, 15) is 4.79 Å². The second-order valence-corrected chi connectivity index (χ2v) is 6.29. The lowest BCUT2D eigenvalue weighted by molar-refractivity contribution is -0.140. The van der Waals surface area contributed by atoms with Gasteiger partial charge in [-0.05, 0) is 17.9 Å². The second-order valence-electron chi connectivity index (χ2n) is 3.98. The van der Waals surface area contributed by atoms with Crippen molar-refractivity contribution in [1.82, 2.24) is 9.97 Å². The van der Waals surface area contributed by atoms with Crippen molar-refractivity contribution in [2.75, 3.05) is 7.11 Å². The molecular weight excluding hydrogens is 268 g/mol. The van der Waals surface area contributed by atoms with Crippen molar-refractivity contribution in [3.63, 3.8) is 0 Å². The van der Waals surface area contributed by atoms with Crippen molar-refractivity contribution in [3.05, 3.63) is 17.3 Å². The summed E-state index contributed by atoms with van der Waals surface area (Å²) < 4.78 is 5.76. The number of esters is 1. The first-order valence-corrected chi connectivity index (χ1v) is 7.30. The monoisotopic (exact) mass is 282 g/mol. The first-order valence-electron chi connectivity index (χ1n) is 5.54. The van der Waals surface area contributed by atoms with Crippen LogP contribution in [0.15, 0.2) is 16.7 Å². The van der Waals surface area contributed by atoms with E-state index in [2.05, 4.69) is 20.1 Å². The molecule has 1 atom stereocenters. The van der Waals surface area contributed by atoms with Crippen LogP contribution < -0.4 is 0 Å². The summed E-state index contributed by atoms with van der Waals surface area (Å²) in [6.45, 7) is 4.04. The molecular formula is C12H14N2O2S2. The first kappa shape index (κ1) is 13.3. The number of aryl methyl sites for hydroxylation is 1. The van der Waals surface area contributed by atoms with Crippen molar-refractivity contribution in [2.45, 2.75) is 30.5 Å². The Morgan fingerprint density at radius 2 is 2.33 bits per heavy atom. The molecule has 1 unspecified atom stereocenters. The Labute approximate surface area is 114 Å². The van der Waals surface area contributed by atoms with Crippen molar-refractivity contribution >= 4 is 39.3 Å². The molecule has 2 heterocycles. The molecule has 2 rings (SSSR count). The quantitative estimate of drug-likeness (QED) is 0.490. The van der Waals surface area contributed by atoms with Gasteiger partial charge in [0, 0.05) is 5.25 Å². The molecule has 0 aliphatic rings. The molecule has 18 heavy (non-hydrogen) atoms. The molecule has 0 aromatic carbocycles. The number of fused-ring (bicyclic) bond motifs is 1. The fourth-order valence-electron chi connectivity index (χ4n) is 1.58. The minimum absolute atomic E-state index is 0.137. The molecule has 0 bridgehead atoms. The molecule has 6 heteroatoms. The average Bonchev–Trinajstić information content (AvgIpc) is 2.72. The van der Waals surface area contributed by atoms with Gasteiger partial charge < -0.3 is 4.74 Å². The maximum atomic E-state index is 11.2. The van der Waals surface area contributed by atoms with Crippen LogP contribution in [0.4, 0.5) is 0 Å². The predicted octanol–water partition coefficient (Wildman–Crippen LogP) is 3.04. The number of nitrogens with zero attached hydrogens (tertiary/aromatic N) is 2. The summed E-state index contributed by atoms with van der Waals surface area (Å²) in [6, 6.07) is 0. The topological polar surface area (TPSA) is 52.1 Å². The van der Waals surface area contributed by atoms with Crippen LogP contribution in [0.25, 0.3) is 10.2 Å². The smallest absolute Gasteiger partial charge is 0.306 e. The van der Waals surface area contributed by atoms with Gasteiger partial charge in [0.25, 0.3) is 0 Å². The van der Waals surface area contributed by atoms with Crippen LogP contribution in [0.5, 0.6) is 0 Å². The van der Waals surface area contributed by atoms with Gasteiger partial charge in [0.2, 0.25) is 0 Å². The summed E-state index contributed by atoms with van der Waals surface area (Å²) >= 11 is 3.23. The molecule has 2 aromatic heterocycles. The molecule has 96 valence electrons. The third kappa shape index (κ3) is 2.81. The molecule has 0 aliphatic heterocycles. The Bertz CT molecular complexity index is 568. The molecule has 0 radical (unpaired) electrons. The number of carbonyl (C=O) groups is 1. The largest absolute Gasteiger partial charge is 0.469 e. The Hall–Kier alpha value is -1.14. The normalized spacial score (nSPS) is 12.6. The zero-order chi connectivity index (χ0) is 13.1. The van der Waals surface area contributed by atoms with Crippen LogP contribution in [-0.4, -0.2) is 28.3 Å². The van der Waals surface area contributed by atoms with Crippen LogP contribution in [0.3, 0.4) is 0 Å². The van der Waals surface area contributed by atoms with E-state index in [0.717, 1.165) is 15.2 Å². The summed E-state index contributed by atoms with van der Waals surface area (Å²) in [5.74, 6) is -0.192. The van der Waals surface area contributed by atoms with Crippen LogP contribution in [0.1, 0.15) is 18.9 Å². The van der Waals surface area contributed by atoms with Gasteiger partial charge in [-0.1, -0.05) is 6.92 Å². The third-order valence-corrected chi connectivity index (χ3v) is 4.82. The SMILES string of the molecule is COC(=O)CC(C)Sc1ncnc2c(C)csc12. The van der Waals surface area contributed by atoms with E-state index in [1.165, 1.54) is 12.7 Å². The van der Waals surface area contributed by atoms with Gasteiger partial charge in [0.05, 0.1) is 23.7 Å². The highest BCUT2D eigenvalue weighted by atomic mass is 32.2. The number of ether oxygens (including phenoxy) is 1. The average molecular weight is 282 g/mol. The van der Waals surface area contributed by atoms with Crippen LogP contribution >= 0.6 is 23.1 Å².